The SMILES string of the molecule is COc1ccc2[nH]cc(/C=N\NC(=O)Cn3c(-c4ccc(Cl)cc4)nc4ccccc43)c2c1. The Morgan fingerprint density at radius 3 is 2.82 bits per heavy atom. The number of halogens is 1. The predicted molar refractivity (Wildman–Crippen MR) is 131 cm³/mol. The van der Waals surface area contributed by atoms with Crippen molar-refractivity contribution >= 4 is 45.7 Å². The first-order valence-electron chi connectivity index (χ1n) is 10.3. The van der Waals surface area contributed by atoms with Crippen LogP contribution in [0.15, 0.2) is 78.0 Å². The smallest absolute Gasteiger partial charge is 0.260 e. The fourth-order valence-electron chi connectivity index (χ4n) is 3.76. The summed E-state index contributed by atoms with van der Waals surface area (Å²) >= 11 is 6.04. The van der Waals surface area contributed by atoms with Gasteiger partial charge in [-0.05, 0) is 54.6 Å². The number of rotatable bonds is 6. The number of fused-ring (bicyclic) bond motifs is 2. The van der Waals surface area contributed by atoms with Crippen molar-refractivity contribution in [1.29, 1.82) is 0 Å². The van der Waals surface area contributed by atoms with Crippen molar-refractivity contribution in [3.63, 3.8) is 0 Å². The number of methoxy groups -OCH3 is 1. The summed E-state index contributed by atoms with van der Waals surface area (Å²) in [6.45, 7) is 0.0670. The van der Waals surface area contributed by atoms with Crippen molar-refractivity contribution in [3.05, 3.63) is 83.5 Å². The normalized spacial score (nSPS) is 11.5. The minimum atomic E-state index is -0.262. The molecule has 0 aliphatic rings. The van der Waals surface area contributed by atoms with E-state index >= 15 is 0 Å². The van der Waals surface area contributed by atoms with Crippen molar-refractivity contribution in [2.24, 2.45) is 5.10 Å². The monoisotopic (exact) mass is 457 g/mol. The van der Waals surface area contributed by atoms with Crippen LogP contribution in [0.25, 0.3) is 33.3 Å². The van der Waals surface area contributed by atoms with Gasteiger partial charge in [-0.25, -0.2) is 10.4 Å². The molecular formula is C25H20ClN5O2. The van der Waals surface area contributed by atoms with Crippen LogP contribution in [0.5, 0.6) is 5.75 Å². The van der Waals surface area contributed by atoms with Crippen molar-refractivity contribution in [3.8, 4) is 17.1 Å². The van der Waals surface area contributed by atoms with E-state index in [0.29, 0.717) is 10.8 Å². The van der Waals surface area contributed by atoms with Crippen LogP contribution in [0.1, 0.15) is 5.56 Å². The fraction of sp³-hybridized carbons (Fsp3) is 0.0800. The molecule has 3 aromatic carbocycles. The Morgan fingerprint density at radius 1 is 1.18 bits per heavy atom. The van der Waals surface area contributed by atoms with Gasteiger partial charge in [-0.15, -0.1) is 0 Å². The van der Waals surface area contributed by atoms with Gasteiger partial charge in [0.1, 0.15) is 18.1 Å². The number of hydrazone groups is 1. The third-order valence-electron chi connectivity index (χ3n) is 5.37. The summed E-state index contributed by atoms with van der Waals surface area (Å²) in [7, 11) is 1.62. The minimum absolute atomic E-state index is 0.0670. The molecule has 0 bridgehead atoms. The highest BCUT2D eigenvalue weighted by Gasteiger charge is 2.15. The Kier molecular flexibility index (Phi) is 5.54. The number of amides is 1. The maximum atomic E-state index is 12.8. The van der Waals surface area contributed by atoms with E-state index in [1.807, 2.05) is 65.4 Å². The van der Waals surface area contributed by atoms with Gasteiger partial charge >= 0.3 is 0 Å². The van der Waals surface area contributed by atoms with E-state index < -0.39 is 0 Å². The molecule has 2 N–H and O–H groups in total. The molecule has 5 aromatic rings. The van der Waals surface area contributed by atoms with E-state index in [1.54, 1.807) is 25.5 Å². The highest BCUT2D eigenvalue weighted by molar-refractivity contribution is 6.30. The standard InChI is InChI=1S/C25H20ClN5O2/c1-33-19-10-11-21-20(12-19)17(13-27-21)14-28-30-24(32)15-31-23-5-3-2-4-22(23)29-25(31)16-6-8-18(26)9-7-16/h2-14,27H,15H2,1H3,(H,30,32)/b28-14-. The van der Waals surface area contributed by atoms with E-state index in [4.69, 9.17) is 21.3 Å². The molecule has 8 heteroatoms. The topological polar surface area (TPSA) is 84.3 Å². The zero-order valence-electron chi connectivity index (χ0n) is 17.7. The van der Waals surface area contributed by atoms with Crippen LogP contribution in [-0.4, -0.2) is 33.8 Å². The zero-order valence-corrected chi connectivity index (χ0v) is 18.5. The molecule has 2 aromatic heterocycles. The van der Waals surface area contributed by atoms with Gasteiger partial charge in [0.05, 0.1) is 24.4 Å². The Bertz CT molecular complexity index is 1480. The number of benzene rings is 3. The second-order valence-corrected chi connectivity index (χ2v) is 7.90. The summed E-state index contributed by atoms with van der Waals surface area (Å²) in [6.07, 6.45) is 3.45. The molecule has 0 atom stereocenters. The number of nitrogens with zero attached hydrogens (tertiary/aromatic N) is 3. The number of imidazole rings is 1. The van der Waals surface area contributed by atoms with E-state index in [2.05, 4.69) is 15.5 Å². The number of nitrogens with one attached hydrogen (secondary N) is 2. The summed E-state index contributed by atoms with van der Waals surface area (Å²) < 4.78 is 7.17. The van der Waals surface area contributed by atoms with Crippen LogP contribution >= 0.6 is 11.6 Å². The average molecular weight is 458 g/mol. The molecule has 0 spiro atoms. The van der Waals surface area contributed by atoms with E-state index in [-0.39, 0.29) is 12.5 Å². The molecule has 0 saturated heterocycles. The van der Waals surface area contributed by atoms with Gasteiger partial charge in [0.25, 0.3) is 5.91 Å². The number of carbonyl (C=O) groups is 1. The Morgan fingerprint density at radius 2 is 2.00 bits per heavy atom. The molecule has 164 valence electrons. The van der Waals surface area contributed by atoms with Gasteiger partial charge in [0.2, 0.25) is 0 Å². The molecule has 0 radical (unpaired) electrons. The number of para-hydroxylation sites is 2. The molecule has 0 unspecified atom stereocenters. The van der Waals surface area contributed by atoms with Crippen molar-refractivity contribution in [2.45, 2.75) is 6.54 Å². The lowest BCUT2D eigenvalue weighted by Crippen LogP contribution is -2.23. The number of hydrogen-bond donors (Lipinski definition) is 2. The van der Waals surface area contributed by atoms with Crippen molar-refractivity contribution in [1.82, 2.24) is 20.0 Å². The molecule has 7 nitrogen and oxygen atoms in total. The first-order valence-corrected chi connectivity index (χ1v) is 10.7. The van der Waals surface area contributed by atoms with Crippen LogP contribution in [0.2, 0.25) is 5.02 Å². The van der Waals surface area contributed by atoms with E-state index in [9.17, 15) is 4.79 Å². The average Bonchev–Trinajstić information content (AvgIpc) is 3.41. The van der Waals surface area contributed by atoms with Crippen LogP contribution in [-0.2, 0) is 11.3 Å². The fourth-order valence-corrected chi connectivity index (χ4v) is 3.89. The number of aromatic nitrogens is 3. The Hall–Kier alpha value is -4.10. The number of hydrogen-bond acceptors (Lipinski definition) is 4. The Labute approximate surface area is 194 Å². The second kappa shape index (κ2) is 8.80. The van der Waals surface area contributed by atoms with Crippen molar-refractivity contribution < 1.29 is 9.53 Å². The highest BCUT2D eigenvalue weighted by Crippen LogP contribution is 2.26. The van der Waals surface area contributed by atoms with Crippen LogP contribution < -0.4 is 10.2 Å². The van der Waals surface area contributed by atoms with Gasteiger partial charge < -0.3 is 14.3 Å². The largest absolute Gasteiger partial charge is 0.497 e. The zero-order chi connectivity index (χ0) is 22.8. The van der Waals surface area contributed by atoms with Gasteiger partial charge in [-0.1, -0.05) is 23.7 Å². The number of aromatic amines is 1. The summed E-state index contributed by atoms with van der Waals surface area (Å²) in [5.41, 5.74) is 6.98. The van der Waals surface area contributed by atoms with Crippen LogP contribution in [0, 0.1) is 0 Å². The van der Waals surface area contributed by atoms with Gasteiger partial charge in [-0.3, -0.25) is 4.79 Å². The summed E-state index contributed by atoms with van der Waals surface area (Å²) in [5.74, 6) is 1.18. The molecule has 1 amide bonds. The summed E-state index contributed by atoms with van der Waals surface area (Å²) in [4.78, 5) is 20.7. The molecule has 0 aliphatic heterocycles. The van der Waals surface area contributed by atoms with E-state index in [0.717, 1.165) is 38.8 Å². The van der Waals surface area contributed by atoms with Gasteiger partial charge in [-0.2, -0.15) is 5.10 Å². The lowest BCUT2D eigenvalue weighted by atomic mass is 10.2. The minimum Gasteiger partial charge on any atom is -0.497 e. The number of carbonyl (C=O) groups excluding carboxylic acids is 1. The maximum absolute atomic E-state index is 12.8. The lowest BCUT2D eigenvalue weighted by molar-refractivity contribution is -0.121. The highest BCUT2D eigenvalue weighted by atomic mass is 35.5. The molecule has 2 heterocycles. The number of H-pyrrole nitrogens is 1. The molecule has 0 aliphatic carbocycles. The third kappa shape index (κ3) is 4.18. The quantitative estimate of drug-likeness (QED) is 0.278. The summed E-state index contributed by atoms with van der Waals surface area (Å²) in [5, 5.41) is 5.76. The molecule has 0 fully saturated rings. The molecular weight excluding hydrogens is 438 g/mol. The first-order chi connectivity index (χ1) is 16.1. The Balaban J connectivity index is 1.38. The second-order valence-electron chi connectivity index (χ2n) is 7.47. The van der Waals surface area contributed by atoms with Crippen LogP contribution in [0.3, 0.4) is 0 Å². The van der Waals surface area contributed by atoms with Gasteiger partial charge in [0, 0.05) is 33.2 Å². The van der Waals surface area contributed by atoms with Crippen LogP contribution in [0.4, 0.5) is 0 Å². The van der Waals surface area contributed by atoms with Crippen molar-refractivity contribution in [2.75, 3.05) is 7.11 Å². The molecule has 5 rings (SSSR count). The number of ether oxygens (including phenoxy) is 1. The molecule has 0 saturated carbocycles. The third-order valence-corrected chi connectivity index (χ3v) is 5.62. The van der Waals surface area contributed by atoms with E-state index in [1.165, 1.54) is 0 Å². The predicted octanol–water partition coefficient (Wildman–Crippen LogP) is 5.00. The first kappa shape index (κ1) is 20.8. The lowest BCUT2D eigenvalue weighted by Gasteiger charge is -2.08. The molecule has 33 heavy (non-hydrogen) atoms. The van der Waals surface area contributed by atoms with Gasteiger partial charge in [0.15, 0.2) is 0 Å². The summed E-state index contributed by atoms with van der Waals surface area (Å²) in [6, 6.07) is 20.8. The maximum Gasteiger partial charge on any atom is 0.260 e.